The molecule has 3 aliphatic heterocycles. The van der Waals surface area contributed by atoms with Crippen LogP contribution in [-0.4, -0.2) is 53.7 Å². The maximum atomic E-state index is 16.2. The Kier molecular flexibility index (Phi) is 8.46. The van der Waals surface area contributed by atoms with Crippen molar-refractivity contribution in [1.29, 1.82) is 0 Å². The van der Waals surface area contributed by atoms with Crippen molar-refractivity contribution in [3.63, 3.8) is 0 Å². The fourth-order valence-corrected chi connectivity index (χ4v) is 9.23. The molecule has 3 aromatic carbocycles. The number of carbonyl (C=O) groups is 1. The zero-order valence-electron chi connectivity index (χ0n) is 29.4. The summed E-state index contributed by atoms with van der Waals surface area (Å²) in [5.74, 6) is 0.273. The van der Waals surface area contributed by atoms with Gasteiger partial charge in [-0.1, -0.05) is 24.3 Å². The molecule has 8 nitrogen and oxygen atoms in total. The van der Waals surface area contributed by atoms with Gasteiger partial charge in [-0.25, -0.2) is 14.4 Å². The number of nitrogens with zero attached hydrogens (tertiary/aromatic N) is 4. The highest BCUT2D eigenvalue weighted by atomic mass is 32.1. The number of hydrogen-bond donors (Lipinski definition) is 2. The summed E-state index contributed by atoms with van der Waals surface area (Å²) in [7, 11) is 0. The van der Waals surface area contributed by atoms with Gasteiger partial charge in [0.1, 0.15) is 22.0 Å². The van der Waals surface area contributed by atoms with Crippen molar-refractivity contribution >= 4 is 45.5 Å². The molecule has 0 atom stereocenters. The number of imidazole rings is 1. The second-order valence-electron chi connectivity index (χ2n) is 14.5. The molecule has 0 unspecified atom stereocenters. The van der Waals surface area contributed by atoms with Gasteiger partial charge in [0.05, 0.1) is 16.8 Å². The van der Waals surface area contributed by atoms with Crippen LogP contribution in [0.3, 0.4) is 0 Å². The number of anilines is 3. The molecule has 1 spiro atoms. The van der Waals surface area contributed by atoms with E-state index in [4.69, 9.17) is 9.72 Å². The zero-order chi connectivity index (χ0) is 37.2. The molecule has 54 heavy (non-hydrogen) atoms. The molecular formula is C41H36F4N6O2S. The number of aromatic nitrogens is 3. The first-order valence-electron chi connectivity index (χ1n) is 18.0. The van der Waals surface area contributed by atoms with E-state index < -0.39 is 17.6 Å². The number of pyridine rings is 1. The second-order valence-corrected chi connectivity index (χ2v) is 15.5. The van der Waals surface area contributed by atoms with Gasteiger partial charge < -0.3 is 24.8 Å². The maximum Gasteiger partial charge on any atom is 0.418 e. The number of ether oxygens (including phenoxy) is 1. The lowest BCUT2D eigenvalue weighted by molar-refractivity contribution is -0.136. The number of nitrogens with one attached hydrogen (secondary N) is 2. The number of amides is 1. The van der Waals surface area contributed by atoms with E-state index in [2.05, 4.69) is 26.3 Å². The van der Waals surface area contributed by atoms with Gasteiger partial charge in [0.15, 0.2) is 5.82 Å². The molecule has 1 amide bonds. The van der Waals surface area contributed by atoms with Crippen LogP contribution in [0.1, 0.15) is 45.5 Å². The Labute approximate surface area is 312 Å². The lowest BCUT2D eigenvalue weighted by atomic mass is 9.73. The highest BCUT2D eigenvalue weighted by molar-refractivity contribution is 7.19. The Morgan fingerprint density at radius 3 is 2.57 bits per heavy atom. The predicted octanol–water partition coefficient (Wildman–Crippen LogP) is 9.25. The average molecular weight is 753 g/mol. The largest absolute Gasteiger partial charge is 0.418 e. The third-order valence-electron chi connectivity index (χ3n) is 10.8. The van der Waals surface area contributed by atoms with E-state index in [0.717, 1.165) is 79.2 Å². The Morgan fingerprint density at radius 2 is 1.80 bits per heavy atom. The molecule has 2 saturated heterocycles. The number of alkyl halides is 3. The SMILES string of the molecule is Cc1cnc(N2CC3(CCOCC3)C2)c(CNc2ccc(C(=O)N3CCc4c(sc(-c5nc6c(C(F)(F)F)cccc6[nH]5)c4F)-c4ccccc43)cc2)c1. The number of fused-ring (bicyclic) bond motifs is 4. The van der Waals surface area contributed by atoms with E-state index in [1.807, 2.05) is 49.5 Å². The lowest BCUT2D eigenvalue weighted by Gasteiger charge is -2.53. The molecule has 3 aromatic heterocycles. The van der Waals surface area contributed by atoms with E-state index in [-0.39, 0.29) is 40.6 Å². The van der Waals surface area contributed by atoms with Crippen LogP contribution in [0.25, 0.3) is 32.2 Å². The number of halogens is 4. The van der Waals surface area contributed by atoms with E-state index in [9.17, 15) is 18.0 Å². The van der Waals surface area contributed by atoms with Gasteiger partial charge >= 0.3 is 6.18 Å². The fourth-order valence-electron chi connectivity index (χ4n) is 8.02. The van der Waals surface area contributed by atoms with Crippen LogP contribution in [0, 0.1) is 18.2 Å². The number of H-pyrrole nitrogens is 1. The minimum absolute atomic E-state index is 0.0372. The molecule has 0 radical (unpaired) electrons. The van der Waals surface area contributed by atoms with Gasteiger partial charge in [0, 0.05) is 83.8 Å². The molecule has 2 N–H and O–H groups in total. The van der Waals surface area contributed by atoms with Crippen molar-refractivity contribution in [3.05, 3.63) is 113 Å². The highest BCUT2D eigenvalue weighted by Crippen LogP contribution is 2.47. The summed E-state index contributed by atoms with van der Waals surface area (Å²) in [5.41, 5.74) is 4.64. The molecule has 276 valence electrons. The van der Waals surface area contributed by atoms with Gasteiger partial charge in [-0.2, -0.15) is 13.2 Å². The van der Waals surface area contributed by atoms with Crippen LogP contribution in [0.15, 0.2) is 79.0 Å². The van der Waals surface area contributed by atoms with E-state index in [1.165, 1.54) is 12.1 Å². The molecule has 2 fully saturated rings. The standard InChI is InChI=1S/C41H36F4N6O2S/c1-24-19-26(38(47-20-24)50-22-40(23-50)14-17-53-18-15-40)21-46-27-11-9-25(10-12-27)39(52)51-16-13-29-33(42)36(54-35(29)28-5-2-3-8-32(28)51)37-48-31-7-4-6-30(34(31)49-37)41(43,44)45/h2-12,19-20,46H,13-18,21-23H2,1H3,(H,48,49). The molecule has 0 aliphatic carbocycles. The van der Waals surface area contributed by atoms with E-state index >= 15 is 4.39 Å². The number of benzene rings is 3. The highest BCUT2D eigenvalue weighted by Gasteiger charge is 2.45. The first kappa shape index (κ1) is 34.5. The average Bonchev–Trinajstić information content (AvgIpc) is 3.69. The molecule has 0 saturated carbocycles. The van der Waals surface area contributed by atoms with Crippen LogP contribution in [0.5, 0.6) is 0 Å². The predicted molar refractivity (Wildman–Crippen MR) is 203 cm³/mol. The number of hydrogen-bond acceptors (Lipinski definition) is 7. The molecule has 9 rings (SSSR count). The monoisotopic (exact) mass is 752 g/mol. The Hall–Kier alpha value is -5.27. The summed E-state index contributed by atoms with van der Waals surface area (Å²) in [6.07, 6.45) is -0.298. The van der Waals surface area contributed by atoms with Crippen molar-refractivity contribution in [3.8, 4) is 21.1 Å². The Morgan fingerprint density at radius 1 is 1.02 bits per heavy atom. The van der Waals surface area contributed by atoms with Gasteiger partial charge in [-0.05, 0) is 80.3 Å². The number of rotatable bonds is 6. The summed E-state index contributed by atoms with van der Waals surface area (Å²) in [6, 6.07) is 20.6. The van der Waals surface area contributed by atoms with Gasteiger partial charge in [0.2, 0.25) is 0 Å². The third kappa shape index (κ3) is 6.08. The lowest BCUT2D eigenvalue weighted by Crippen LogP contribution is -2.59. The quantitative estimate of drug-likeness (QED) is 0.165. The summed E-state index contributed by atoms with van der Waals surface area (Å²) < 4.78 is 62.9. The van der Waals surface area contributed by atoms with Gasteiger partial charge in [-0.15, -0.1) is 11.3 Å². The van der Waals surface area contributed by atoms with Crippen LogP contribution < -0.4 is 15.1 Å². The Balaban J connectivity index is 0.933. The molecular weight excluding hydrogens is 717 g/mol. The van der Waals surface area contributed by atoms with Crippen LogP contribution in [-0.2, 0) is 23.9 Å². The molecule has 6 aromatic rings. The molecule has 3 aliphatic rings. The maximum absolute atomic E-state index is 16.2. The summed E-state index contributed by atoms with van der Waals surface area (Å²) >= 11 is 1.12. The molecule has 13 heteroatoms. The second kappa shape index (κ2) is 13.2. The van der Waals surface area contributed by atoms with E-state index in [0.29, 0.717) is 39.2 Å². The first-order chi connectivity index (χ1) is 26.1. The summed E-state index contributed by atoms with van der Waals surface area (Å²) in [4.78, 5) is 30.8. The summed E-state index contributed by atoms with van der Waals surface area (Å²) in [6.45, 7) is 6.46. The van der Waals surface area contributed by atoms with Gasteiger partial charge in [0.25, 0.3) is 5.91 Å². The smallest absolute Gasteiger partial charge is 0.381 e. The van der Waals surface area contributed by atoms with Crippen LogP contribution in [0.2, 0.25) is 0 Å². The number of thiophene rings is 1. The fraction of sp³-hybridized carbons (Fsp3) is 0.293. The number of aromatic amines is 1. The van der Waals surface area contributed by atoms with Crippen LogP contribution >= 0.6 is 11.3 Å². The van der Waals surface area contributed by atoms with Crippen LogP contribution in [0.4, 0.5) is 34.8 Å². The zero-order valence-corrected chi connectivity index (χ0v) is 30.2. The first-order valence-corrected chi connectivity index (χ1v) is 18.8. The van der Waals surface area contributed by atoms with Crippen molar-refractivity contribution in [2.45, 2.75) is 38.9 Å². The normalized spacial score (nSPS) is 16.5. The number of carbonyl (C=O) groups excluding carboxylic acids is 1. The van der Waals surface area contributed by atoms with Crippen molar-refractivity contribution in [2.75, 3.05) is 48.0 Å². The van der Waals surface area contributed by atoms with Crippen molar-refractivity contribution < 1.29 is 27.1 Å². The topological polar surface area (TPSA) is 86.4 Å². The van der Waals surface area contributed by atoms with Gasteiger partial charge in [-0.3, -0.25) is 4.79 Å². The molecule has 6 heterocycles. The third-order valence-corrected chi connectivity index (χ3v) is 12.1. The molecule has 0 bridgehead atoms. The Bertz CT molecular complexity index is 2390. The van der Waals surface area contributed by atoms with E-state index in [1.54, 1.807) is 17.0 Å². The van der Waals surface area contributed by atoms with Crippen molar-refractivity contribution in [2.24, 2.45) is 5.41 Å². The minimum Gasteiger partial charge on any atom is -0.381 e. The number of aryl methyl sites for hydroxylation is 1. The summed E-state index contributed by atoms with van der Waals surface area (Å²) in [5, 5.41) is 3.51. The van der Waals surface area contributed by atoms with Crippen molar-refractivity contribution in [1.82, 2.24) is 15.0 Å². The number of para-hydroxylation sites is 2. The minimum atomic E-state index is -4.60.